The van der Waals surface area contributed by atoms with E-state index in [0.717, 1.165) is 16.7 Å². The molecule has 0 radical (unpaired) electrons. The highest BCUT2D eigenvalue weighted by Gasteiger charge is 2.11. The Balaban J connectivity index is 1.91. The first-order valence-electron chi connectivity index (χ1n) is 7.67. The van der Waals surface area contributed by atoms with Crippen molar-refractivity contribution in [3.8, 4) is 11.5 Å². The molecule has 0 unspecified atom stereocenters. The molecule has 0 aromatic heterocycles. The maximum Gasteiger partial charge on any atom is 0.215 e. The summed E-state index contributed by atoms with van der Waals surface area (Å²) in [6.07, 6.45) is 0.577. The zero-order valence-corrected chi connectivity index (χ0v) is 15.0. The highest BCUT2D eigenvalue weighted by atomic mass is 32.2. The van der Waals surface area contributed by atoms with Crippen molar-refractivity contribution in [1.29, 1.82) is 0 Å². The summed E-state index contributed by atoms with van der Waals surface area (Å²) in [5.74, 6) is 1.28. The summed E-state index contributed by atoms with van der Waals surface area (Å²) < 4.78 is 37.4. The monoisotopic (exact) mass is 349 g/mol. The Bertz CT molecular complexity index is 770. The number of methoxy groups -OCH3 is 2. The maximum absolute atomic E-state index is 12.1. The van der Waals surface area contributed by atoms with Crippen molar-refractivity contribution in [2.24, 2.45) is 0 Å². The molecule has 0 saturated heterocycles. The minimum absolute atomic E-state index is 0.0147. The molecule has 0 bridgehead atoms. The molecule has 0 heterocycles. The van der Waals surface area contributed by atoms with E-state index in [9.17, 15) is 8.42 Å². The number of aryl methyl sites for hydroxylation is 1. The molecular formula is C18H23NO4S. The zero-order chi connectivity index (χ0) is 17.6. The van der Waals surface area contributed by atoms with Crippen LogP contribution in [0.1, 0.15) is 16.7 Å². The summed E-state index contributed by atoms with van der Waals surface area (Å²) in [6, 6.07) is 13.1. The summed E-state index contributed by atoms with van der Waals surface area (Å²) in [5, 5.41) is 0. The van der Waals surface area contributed by atoms with Crippen LogP contribution in [-0.4, -0.2) is 29.2 Å². The zero-order valence-electron chi connectivity index (χ0n) is 14.2. The highest BCUT2D eigenvalue weighted by molar-refractivity contribution is 7.88. The Morgan fingerprint density at radius 1 is 0.917 bits per heavy atom. The number of ether oxygens (including phenoxy) is 2. The minimum Gasteiger partial charge on any atom is -0.493 e. The lowest BCUT2D eigenvalue weighted by Crippen LogP contribution is -2.27. The van der Waals surface area contributed by atoms with Gasteiger partial charge in [0.05, 0.1) is 20.0 Å². The molecule has 130 valence electrons. The van der Waals surface area contributed by atoms with Gasteiger partial charge in [-0.1, -0.05) is 35.9 Å². The van der Waals surface area contributed by atoms with Gasteiger partial charge < -0.3 is 9.47 Å². The van der Waals surface area contributed by atoms with Crippen LogP contribution >= 0.6 is 0 Å². The second-order valence-corrected chi connectivity index (χ2v) is 7.39. The lowest BCUT2D eigenvalue weighted by molar-refractivity contribution is 0.354. The molecule has 0 aliphatic heterocycles. The molecule has 0 aliphatic carbocycles. The fraction of sp³-hybridized carbons (Fsp3) is 0.333. The van der Waals surface area contributed by atoms with E-state index in [4.69, 9.17) is 9.47 Å². The predicted octanol–water partition coefficient (Wildman–Crippen LogP) is 2.67. The summed E-state index contributed by atoms with van der Waals surface area (Å²) in [4.78, 5) is 0. The average molecular weight is 349 g/mol. The van der Waals surface area contributed by atoms with Crippen LogP contribution in [0.5, 0.6) is 11.5 Å². The fourth-order valence-corrected chi connectivity index (χ4v) is 3.49. The first kappa shape index (κ1) is 18.3. The number of sulfonamides is 1. The molecule has 0 atom stereocenters. The van der Waals surface area contributed by atoms with Crippen molar-refractivity contribution in [2.45, 2.75) is 19.1 Å². The van der Waals surface area contributed by atoms with Crippen molar-refractivity contribution in [1.82, 2.24) is 4.72 Å². The van der Waals surface area contributed by atoms with Crippen molar-refractivity contribution >= 4 is 10.0 Å². The normalized spacial score (nSPS) is 11.3. The van der Waals surface area contributed by atoms with Crippen molar-refractivity contribution in [3.05, 3.63) is 59.2 Å². The van der Waals surface area contributed by atoms with Gasteiger partial charge in [0.1, 0.15) is 0 Å². The molecule has 24 heavy (non-hydrogen) atoms. The van der Waals surface area contributed by atoms with Gasteiger partial charge in [0.25, 0.3) is 0 Å². The van der Waals surface area contributed by atoms with Gasteiger partial charge in [-0.2, -0.15) is 0 Å². The second-order valence-electron chi connectivity index (χ2n) is 5.58. The molecule has 2 rings (SSSR count). The van der Waals surface area contributed by atoms with E-state index < -0.39 is 10.0 Å². The number of nitrogens with one attached hydrogen (secondary N) is 1. The van der Waals surface area contributed by atoms with Crippen LogP contribution in [0.25, 0.3) is 0 Å². The van der Waals surface area contributed by atoms with Crippen molar-refractivity contribution < 1.29 is 17.9 Å². The SMILES string of the molecule is COc1ccc(CCNS(=O)(=O)Cc2ccc(C)cc2)cc1OC. The molecule has 2 aromatic carbocycles. The number of hydrogen-bond acceptors (Lipinski definition) is 4. The Kier molecular flexibility index (Phi) is 6.23. The third kappa shape index (κ3) is 5.25. The third-order valence-electron chi connectivity index (χ3n) is 3.66. The van der Waals surface area contributed by atoms with Gasteiger partial charge in [-0.3, -0.25) is 0 Å². The van der Waals surface area contributed by atoms with Crippen LogP contribution in [0.2, 0.25) is 0 Å². The Hall–Kier alpha value is -2.05. The van der Waals surface area contributed by atoms with Crippen LogP contribution < -0.4 is 14.2 Å². The van der Waals surface area contributed by atoms with Gasteiger partial charge in [0.15, 0.2) is 11.5 Å². The number of benzene rings is 2. The first-order valence-corrected chi connectivity index (χ1v) is 9.32. The molecule has 0 spiro atoms. The first-order chi connectivity index (χ1) is 11.4. The molecule has 0 fully saturated rings. The third-order valence-corrected chi connectivity index (χ3v) is 5.02. The second kappa shape index (κ2) is 8.17. The summed E-state index contributed by atoms with van der Waals surface area (Å²) in [5.41, 5.74) is 2.86. The van der Waals surface area contributed by atoms with E-state index in [1.807, 2.05) is 49.4 Å². The van der Waals surface area contributed by atoms with Gasteiger partial charge in [-0.15, -0.1) is 0 Å². The summed E-state index contributed by atoms with van der Waals surface area (Å²) >= 11 is 0. The van der Waals surface area contributed by atoms with Crippen LogP contribution in [0, 0.1) is 6.92 Å². The highest BCUT2D eigenvalue weighted by Crippen LogP contribution is 2.27. The summed E-state index contributed by atoms with van der Waals surface area (Å²) in [6.45, 7) is 2.31. The molecule has 0 saturated carbocycles. The Labute approximate surface area is 143 Å². The molecule has 0 aliphatic rings. The standard InChI is InChI=1S/C18H23NO4S/c1-14-4-6-16(7-5-14)13-24(20,21)19-11-10-15-8-9-17(22-2)18(12-15)23-3/h4-9,12,19H,10-11,13H2,1-3H3. The van der Waals surface area contributed by atoms with Crippen molar-refractivity contribution in [2.75, 3.05) is 20.8 Å². The van der Waals surface area contributed by atoms with E-state index in [1.54, 1.807) is 14.2 Å². The van der Waals surface area contributed by atoms with Crippen LogP contribution in [0.3, 0.4) is 0 Å². The number of hydrogen-bond donors (Lipinski definition) is 1. The fourth-order valence-electron chi connectivity index (χ4n) is 2.34. The Morgan fingerprint density at radius 3 is 2.17 bits per heavy atom. The predicted molar refractivity (Wildman–Crippen MR) is 95.1 cm³/mol. The van der Waals surface area contributed by atoms with E-state index in [1.165, 1.54) is 0 Å². The van der Waals surface area contributed by atoms with Crippen molar-refractivity contribution in [3.63, 3.8) is 0 Å². The van der Waals surface area contributed by atoms with Gasteiger partial charge in [-0.05, 0) is 36.6 Å². The topological polar surface area (TPSA) is 64.6 Å². The van der Waals surface area contributed by atoms with Gasteiger partial charge in [-0.25, -0.2) is 13.1 Å². The van der Waals surface area contributed by atoms with Gasteiger partial charge in [0.2, 0.25) is 10.0 Å². The summed E-state index contributed by atoms with van der Waals surface area (Å²) in [7, 11) is -0.197. The lowest BCUT2D eigenvalue weighted by atomic mass is 10.1. The molecular weight excluding hydrogens is 326 g/mol. The van der Waals surface area contributed by atoms with E-state index in [-0.39, 0.29) is 5.75 Å². The minimum atomic E-state index is -3.35. The Morgan fingerprint density at radius 2 is 1.54 bits per heavy atom. The van der Waals surface area contributed by atoms with E-state index in [0.29, 0.717) is 24.5 Å². The van der Waals surface area contributed by atoms with Gasteiger partial charge in [0, 0.05) is 6.54 Å². The number of rotatable bonds is 8. The van der Waals surface area contributed by atoms with Crippen LogP contribution in [0.4, 0.5) is 0 Å². The molecule has 5 nitrogen and oxygen atoms in total. The largest absolute Gasteiger partial charge is 0.493 e. The smallest absolute Gasteiger partial charge is 0.215 e. The lowest BCUT2D eigenvalue weighted by Gasteiger charge is -2.10. The molecule has 6 heteroatoms. The van der Waals surface area contributed by atoms with E-state index in [2.05, 4.69) is 4.72 Å². The maximum atomic E-state index is 12.1. The molecule has 0 amide bonds. The average Bonchev–Trinajstić information content (AvgIpc) is 2.56. The van der Waals surface area contributed by atoms with Gasteiger partial charge >= 0.3 is 0 Å². The van der Waals surface area contributed by atoms with Crippen LogP contribution in [0.15, 0.2) is 42.5 Å². The van der Waals surface area contributed by atoms with Crippen LogP contribution in [-0.2, 0) is 22.2 Å². The molecule has 1 N–H and O–H groups in total. The molecule has 2 aromatic rings. The van der Waals surface area contributed by atoms with E-state index >= 15 is 0 Å². The quantitative estimate of drug-likeness (QED) is 0.796.